The number of aromatic nitrogens is 2. The monoisotopic (exact) mass is 302 g/mol. The summed E-state index contributed by atoms with van der Waals surface area (Å²) in [7, 11) is 3.53. The van der Waals surface area contributed by atoms with E-state index in [1.54, 1.807) is 13.3 Å². The molecule has 3 heterocycles. The van der Waals surface area contributed by atoms with Crippen molar-refractivity contribution in [2.45, 2.75) is 24.8 Å². The highest BCUT2D eigenvalue weighted by atomic mass is 16.7. The smallest absolute Gasteiger partial charge is 0.187 e. The Morgan fingerprint density at radius 1 is 1.23 bits per heavy atom. The average Bonchev–Trinajstić information content (AvgIpc) is 2.97. The highest BCUT2D eigenvalue weighted by Crippen LogP contribution is 2.44. The number of nitrogens with zero attached hydrogens (tertiary/aromatic N) is 2. The van der Waals surface area contributed by atoms with Gasteiger partial charge in [0, 0.05) is 19.7 Å². The molecule has 6 nitrogen and oxygen atoms in total. The molecule has 0 aliphatic carbocycles. The van der Waals surface area contributed by atoms with Crippen LogP contribution in [0.2, 0.25) is 0 Å². The van der Waals surface area contributed by atoms with Crippen LogP contribution >= 0.6 is 0 Å². The Morgan fingerprint density at radius 3 is 2.82 bits per heavy atom. The van der Waals surface area contributed by atoms with Gasteiger partial charge in [0.05, 0.1) is 24.1 Å². The number of rotatable bonds is 2. The van der Waals surface area contributed by atoms with Crippen molar-refractivity contribution in [3.05, 3.63) is 53.3 Å². The Labute approximate surface area is 128 Å². The second-order valence-electron chi connectivity index (χ2n) is 5.48. The Hall–Kier alpha value is -1.73. The van der Waals surface area contributed by atoms with Crippen LogP contribution in [0.5, 0.6) is 0 Å². The van der Waals surface area contributed by atoms with E-state index in [1.165, 1.54) is 0 Å². The average molecular weight is 302 g/mol. The fraction of sp³-hybridized carbons (Fsp3) is 0.438. The zero-order valence-corrected chi connectivity index (χ0v) is 12.5. The third-order valence-electron chi connectivity index (χ3n) is 4.14. The van der Waals surface area contributed by atoms with Crippen LogP contribution in [-0.4, -0.2) is 29.6 Å². The summed E-state index contributed by atoms with van der Waals surface area (Å²) < 4.78 is 25.2. The van der Waals surface area contributed by atoms with Gasteiger partial charge in [0.25, 0.3) is 0 Å². The highest BCUT2D eigenvalue weighted by molar-refractivity contribution is 5.26. The molecule has 0 N–H and O–H groups in total. The van der Waals surface area contributed by atoms with Crippen molar-refractivity contribution in [2.75, 3.05) is 13.7 Å². The molecule has 2 aliphatic rings. The normalized spacial score (nSPS) is 30.6. The van der Waals surface area contributed by atoms with Gasteiger partial charge < -0.3 is 18.9 Å². The van der Waals surface area contributed by atoms with Crippen molar-refractivity contribution in [1.82, 2.24) is 9.78 Å². The van der Waals surface area contributed by atoms with E-state index in [0.29, 0.717) is 6.61 Å². The van der Waals surface area contributed by atoms with Crippen LogP contribution in [0.4, 0.5) is 0 Å². The van der Waals surface area contributed by atoms with Crippen LogP contribution in [-0.2, 0) is 26.0 Å². The minimum atomic E-state index is -0.426. The van der Waals surface area contributed by atoms with Crippen LogP contribution in [0.1, 0.15) is 35.5 Å². The van der Waals surface area contributed by atoms with Gasteiger partial charge in [-0.2, -0.15) is 5.10 Å². The molecule has 4 atom stereocenters. The van der Waals surface area contributed by atoms with Crippen LogP contribution in [0.25, 0.3) is 0 Å². The molecule has 0 saturated carbocycles. The van der Waals surface area contributed by atoms with E-state index in [9.17, 15) is 0 Å². The van der Waals surface area contributed by atoms with E-state index in [1.807, 2.05) is 42.1 Å². The quantitative estimate of drug-likeness (QED) is 0.851. The van der Waals surface area contributed by atoms with E-state index in [-0.39, 0.29) is 12.2 Å². The molecule has 0 spiro atoms. The molecule has 0 bridgehead atoms. The molecular formula is C16H18N2O4. The number of aryl methyl sites for hydroxylation is 1. The number of ether oxygens (including phenoxy) is 4. The maximum atomic E-state index is 6.17. The maximum absolute atomic E-state index is 6.17. The summed E-state index contributed by atoms with van der Waals surface area (Å²) in [4.78, 5) is 0. The first-order valence-corrected chi connectivity index (χ1v) is 7.30. The lowest BCUT2D eigenvalue weighted by Crippen LogP contribution is -2.42. The van der Waals surface area contributed by atoms with Crippen LogP contribution < -0.4 is 0 Å². The molecule has 2 aromatic rings. The van der Waals surface area contributed by atoms with Gasteiger partial charge in [-0.05, 0) is 0 Å². The predicted octanol–water partition coefficient (Wildman–Crippen LogP) is 2.25. The van der Waals surface area contributed by atoms with Gasteiger partial charge in [-0.15, -0.1) is 0 Å². The molecule has 1 aromatic carbocycles. The zero-order chi connectivity index (χ0) is 15.1. The standard InChI is InChI=1S/C16H18N2O4/c1-18-13-11(8-17-18)16(19-2)21-12-9-20-15(22-14(12)13)10-6-4-3-5-7-10/h3-8,12,14-16H,9H2,1-2H3/t12-,14-,15-,16+/m1/s1. The summed E-state index contributed by atoms with van der Waals surface area (Å²) in [6.45, 7) is 0.453. The maximum Gasteiger partial charge on any atom is 0.187 e. The summed E-state index contributed by atoms with van der Waals surface area (Å²) in [5.74, 6) is 0. The molecule has 116 valence electrons. The van der Waals surface area contributed by atoms with Crippen LogP contribution in [0.3, 0.4) is 0 Å². The van der Waals surface area contributed by atoms with Gasteiger partial charge in [-0.1, -0.05) is 30.3 Å². The van der Waals surface area contributed by atoms with Crippen molar-refractivity contribution < 1.29 is 18.9 Å². The summed E-state index contributed by atoms with van der Waals surface area (Å²) in [5.41, 5.74) is 2.91. The van der Waals surface area contributed by atoms with Gasteiger partial charge >= 0.3 is 0 Å². The van der Waals surface area contributed by atoms with E-state index >= 15 is 0 Å². The largest absolute Gasteiger partial charge is 0.352 e. The lowest BCUT2D eigenvalue weighted by molar-refractivity contribution is -0.307. The van der Waals surface area contributed by atoms with Crippen LogP contribution in [0.15, 0.2) is 36.5 Å². The summed E-state index contributed by atoms with van der Waals surface area (Å²) >= 11 is 0. The van der Waals surface area contributed by atoms with E-state index in [0.717, 1.165) is 16.8 Å². The molecule has 2 aliphatic heterocycles. The molecule has 1 aromatic heterocycles. The topological polar surface area (TPSA) is 54.7 Å². The Balaban J connectivity index is 1.67. The van der Waals surface area contributed by atoms with Crippen molar-refractivity contribution in [1.29, 1.82) is 0 Å². The van der Waals surface area contributed by atoms with Crippen molar-refractivity contribution in [2.24, 2.45) is 7.05 Å². The molecular weight excluding hydrogens is 284 g/mol. The second kappa shape index (κ2) is 5.48. The second-order valence-corrected chi connectivity index (χ2v) is 5.48. The highest BCUT2D eigenvalue weighted by Gasteiger charge is 2.44. The first-order chi connectivity index (χ1) is 10.8. The van der Waals surface area contributed by atoms with Gasteiger partial charge in [0.15, 0.2) is 12.6 Å². The zero-order valence-electron chi connectivity index (χ0n) is 12.5. The van der Waals surface area contributed by atoms with Crippen molar-refractivity contribution >= 4 is 0 Å². The van der Waals surface area contributed by atoms with Crippen LogP contribution in [0, 0.1) is 0 Å². The number of hydrogen-bond acceptors (Lipinski definition) is 5. The Bertz CT molecular complexity index is 657. The third kappa shape index (κ3) is 2.16. The number of hydrogen-bond donors (Lipinski definition) is 0. The van der Waals surface area contributed by atoms with Gasteiger partial charge in [0.2, 0.25) is 0 Å². The molecule has 22 heavy (non-hydrogen) atoms. The van der Waals surface area contributed by atoms with Crippen molar-refractivity contribution in [3.8, 4) is 0 Å². The number of fused-ring (bicyclic) bond motifs is 3. The summed E-state index contributed by atoms with van der Waals surface area (Å²) in [5, 5.41) is 4.32. The summed E-state index contributed by atoms with van der Waals surface area (Å²) in [6.07, 6.45) is 0.537. The third-order valence-corrected chi connectivity index (χ3v) is 4.14. The molecule has 6 heteroatoms. The van der Waals surface area contributed by atoms with Gasteiger partial charge in [0.1, 0.15) is 12.2 Å². The first kappa shape index (κ1) is 13.9. The van der Waals surface area contributed by atoms with E-state index < -0.39 is 12.6 Å². The minimum Gasteiger partial charge on any atom is -0.352 e. The molecule has 4 rings (SSSR count). The molecule has 1 saturated heterocycles. The molecule has 0 radical (unpaired) electrons. The number of methoxy groups -OCH3 is 1. The predicted molar refractivity (Wildman–Crippen MR) is 76.8 cm³/mol. The Kier molecular flexibility index (Phi) is 3.46. The lowest BCUT2D eigenvalue weighted by Gasteiger charge is -2.41. The van der Waals surface area contributed by atoms with Gasteiger partial charge in [-0.25, -0.2) is 0 Å². The molecule has 1 fully saturated rings. The van der Waals surface area contributed by atoms with E-state index in [2.05, 4.69) is 5.10 Å². The molecule has 0 amide bonds. The van der Waals surface area contributed by atoms with Crippen molar-refractivity contribution in [3.63, 3.8) is 0 Å². The minimum absolute atomic E-state index is 0.201. The SMILES string of the molecule is CO[C@H]1O[C@@H]2CO[C@@H](c3ccccc3)O[C@H]2c2c1cnn2C. The number of benzene rings is 1. The van der Waals surface area contributed by atoms with Gasteiger partial charge in [-0.3, -0.25) is 4.68 Å². The molecule has 0 unspecified atom stereocenters. The summed E-state index contributed by atoms with van der Waals surface area (Å²) in [6, 6.07) is 9.92. The fourth-order valence-electron chi connectivity index (χ4n) is 3.07. The Morgan fingerprint density at radius 2 is 2.05 bits per heavy atom. The first-order valence-electron chi connectivity index (χ1n) is 7.30. The van der Waals surface area contributed by atoms with E-state index in [4.69, 9.17) is 18.9 Å². The fourth-order valence-corrected chi connectivity index (χ4v) is 3.07. The lowest BCUT2D eigenvalue weighted by atomic mass is 10.0.